The Morgan fingerprint density at radius 3 is 1.96 bits per heavy atom. The standard InChI is InChI=1S/C16H19NO7/c1-22-9-6-4-8(5-7-9)12-10(15(20)23-2)11(16(21)24-3)13(17-12)14(18)19/h4-7,10-13,17H,1-3H3,(H,18,19)/t10-,11+,12?,13-/m0/s1. The third-order valence-electron chi connectivity index (χ3n) is 4.15. The maximum Gasteiger partial charge on any atom is 0.321 e. The van der Waals surface area contributed by atoms with Gasteiger partial charge >= 0.3 is 17.9 Å². The summed E-state index contributed by atoms with van der Waals surface area (Å²) in [5.74, 6) is -4.28. The first kappa shape index (κ1) is 17.7. The Labute approximate surface area is 138 Å². The summed E-state index contributed by atoms with van der Waals surface area (Å²) in [6.07, 6.45) is 0. The van der Waals surface area contributed by atoms with E-state index in [2.05, 4.69) is 5.32 Å². The predicted octanol–water partition coefficient (Wildman–Crippen LogP) is 0.371. The molecular formula is C16H19NO7. The third-order valence-corrected chi connectivity index (χ3v) is 4.15. The van der Waals surface area contributed by atoms with Crippen molar-refractivity contribution >= 4 is 17.9 Å². The van der Waals surface area contributed by atoms with E-state index in [4.69, 9.17) is 14.2 Å². The lowest BCUT2D eigenvalue weighted by Crippen LogP contribution is -2.41. The maximum absolute atomic E-state index is 12.2. The average molecular weight is 337 g/mol. The molecule has 0 bridgehead atoms. The molecule has 0 aliphatic carbocycles. The first-order valence-corrected chi connectivity index (χ1v) is 7.23. The summed E-state index contributed by atoms with van der Waals surface area (Å²) in [6.45, 7) is 0. The molecule has 1 unspecified atom stereocenters. The molecule has 1 saturated heterocycles. The fraction of sp³-hybridized carbons (Fsp3) is 0.438. The van der Waals surface area contributed by atoms with E-state index in [0.717, 1.165) is 7.11 Å². The Morgan fingerprint density at radius 1 is 0.958 bits per heavy atom. The van der Waals surface area contributed by atoms with Gasteiger partial charge in [-0.15, -0.1) is 0 Å². The molecule has 0 saturated carbocycles. The highest BCUT2D eigenvalue weighted by Crippen LogP contribution is 2.39. The minimum Gasteiger partial charge on any atom is -0.497 e. The van der Waals surface area contributed by atoms with Gasteiger partial charge in [-0.2, -0.15) is 0 Å². The lowest BCUT2D eigenvalue weighted by atomic mass is 9.84. The van der Waals surface area contributed by atoms with Gasteiger partial charge in [-0.25, -0.2) is 0 Å². The van der Waals surface area contributed by atoms with Gasteiger partial charge in [0.2, 0.25) is 0 Å². The number of carboxylic acid groups (broad SMARTS) is 1. The van der Waals surface area contributed by atoms with Gasteiger partial charge in [-0.1, -0.05) is 12.1 Å². The Hall–Kier alpha value is -2.61. The Balaban J connectivity index is 2.45. The number of esters is 2. The highest BCUT2D eigenvalue weighted by molar-refractivity contribution is 5.90. The van der Waals surface area contributed by atoms with Gasteiger partial charge < -0.3 is 19.3 Å². The molecule has 0 amide bonds. The van der Waals surface area contributed by atoms with Crippen LogP contribution in [0.3, 0.4) is 0 Å². The number of rotatable bonds is 5. The number of aliphatic carboxylic acids is 1. The molecule has 1 fully saturated rings. The van der Waals surface area contributed by atoms with Crippen LogP contribution in [0.15, 0.2) is 24.3 Å². The first-order valence-electron chi connectivity index (χ1n) is 7.23. The topological polar surface area (TPSA) is 111 Å². The molecule has 1 aliphatic heterocycles. The smallest absolute Gasteiger partial charge is 0.321 e. The molecule has 2 rings (SSSR count). The van der Waals surface area contributed by atoms with Crippen molar-refractivity contribution in [1.82, 2.24) is 5.32 Å². The van der Waals surface area contributed by atoms with Crippen molar-refractivity contribution in [3.63, 3.8) is 0 Å². The second-order valence-corrected chi connectivity index (χ2v) is 5.33. The van der Waals surface area contributed by atoms with Crippen molar-refractivity contribution in [2.75, 3.05) is 21.3 Å². The zero-order valence-electron chi connectivity index (χ0n) is 13.5. The van der Waals surface area contributed by atoms with Gasteiger partial charge in [0.1, 0.15) is 11.8 Å². The van der Waals surface area contributed by atoms with Crippen LogP contribution in [0.4, 0.5) is 0 Å². The van der Waals surface area contributed by atoms with Crippen molar-refractivity contribution in [3.05, 3.63) is 29.8 Å². The second kappa shape index (κ2) is 7.31. The Bertz CT molecular complexity index is 628. The number of hydrogen-bond donors (Lipinski definition) is 2. The molecule has 24 heavy (non-hydrogen) atoms. The van der Waals surface area contributed by atoms with Gasteiger partial charge in [-0.3, -0.25) is 19.7 Å². The molecule has 1 aromatic rings. The van der Waals surface area contributed by atoms with E-state index in [1.54, 1.807) is 24.3 Å². The minimum atomic E-state index is -1.26. The van der Waals surface area contributed by atoms with Crippen molar-refractivity contribution in [1.29, 1.82) is 0 Å². The normalized spacial score (nSPS) is 25.8. The fourth-order valence-electron chi connectivity index (χ4n) is 2.99. The van der Waals surface area contributed by atoms with E-state index in [1.807, 2.05) is 0 Å². The van der Waals surface area contributed by atoms with Crippen molar-refractivity contribution < 1.29 is 33.7 Å². The summed E-state index contributed by atoms with van der Waals surface area (Å²) in [6, 6.07) is 4.82. The first-order chi connectivity index (χ1) is 11.4. The summed E-state index contributed by atoms with van der Waals surface area (Å²) >= 11 is 0. The lowest BCUT2D eigenvalue weighted by molar-refractivity contribution is -0.159. The van der Waals surface area contributed by atoms with Crippen LogP contribution >= 0.6 is 0 Å². The van der Waals surface area contributed by atoms with Crippen LogP contribution in [0, 0.1) is 11.8 Å². The number of hydrogen-bond acceptors (Lipinski definition) is 7. The number of ether oxygens (including phenoxy) is 3. The highest BCUT2D eigenvalue weighted by Gasteiger charge is 2.54. The zero-order chi connectivity index (χ0) is 17.9. The SMILES string of the molecule is COC(=O)[C@H]1[C@@H](C(=O)O)NC(c2ccc(OC)cc2)[C@H]1C(=O)OC. The molecular weight excluding hydrogens is 318 g/mol. The van der Waals surface area contributed by atoms with E-state index >= 15 is 0 Å². The Morgan fingerprint density at radius 2 is 1.50 bits per heavy atom. The van der Waals surface area contributed by atoms with Crippen molar-refractivity contribution in [2.45, 2.75) is 12.1 Å². The molecule has 1 aliphatic rings. The molecule has 0 radical (unpaired) electrons. The van der Waals surface area contributed by atoms with E-state index < -0.39 is 41.8 Å². The number of carboxylic acids is 1. The van der Waals surface area contributed by atoms with E-state index in [-0.39, 0.29) is 0 Å². The molecule has 2 N–H and O–H groups in total. The number of carbonyl (C=O) groups excluding carboxylic acids is 2. The molecule has 8 heteroatoms. The van der Waals surface area contributed by atoms with Crippen LogP contribution in [0.25, 0.3) is 0 Å². The molecule has 8 nitrogen and oxygen atoms in total. The van der Waals surface area contributed by atoms with E-state index in [0.29, 0.717) is 11.3 Å². The molecule has 4 atom stereocenters. The maximum atomic E-state index is 12.2. The largest absolute Gasteiger partial charge is 0.497 e. The highest BCUT2D eigenvalue weighted by atomic mass is 16.5. The van der Waals surface area contributed by atoms with Crippen LogP contribution in [-0.2, 0) is 23.9 Å². The van der Waals surface area contributed by atoms with Crippen LogP contribution in [-0.4, -0.2) is 50.4 Å². The third kappa shape index (κ3) is 3.18. The van der Waals surface area contributed by atoms with Crippen molar-refractivity contribution in [2.24, 2.45) is 11.8 Å². The quantitative estimate of drug-likeness (QED) is 0.742. The zero-order valence-corrected chi connectivity index (χ0v) is 13.5. The van der Waals surface area contributed by atoms with Crippen LogP contribution in [0.2, 0.25) is 0 Å². The van der Waals surface area contributed by atoms with Gasteiger partial charge in [0, 0.05) is 6.04 Å². The number of methoxy groups -OCH3 is 3. The lowest BCUT2D eigenvalue weighted by Gasteiger charge is -2.21. The van der Waals surface area contributed by atoms with Gasteiger partial charge in [0.05, 0.1) is 33.2 Å². The molecule has 1 heterocycles. The van der Waals surface area contributed by atoms with Gasteiger partial charge in [-0.05, 0) is 17.7 Å². The van der Waals surface area contributed by atoms with Gasteiger partial charge in [0.15, 0.2) is 0 Å². The number of nitrogens with one attached hydrogen (secondary N) is 1. The molecule has 1 aromatic carbocycles. The van der Waals surface area contributed by atoms with E-state index in [1.165, 1.54) is 14.2 Å². The predicted molar refractivity (Wildman–Crippen MR) is 81.3 cm³/mol. The minimum absolute atomic E-state index is 0.616. The molecule has 0 spiro atoms. The second-order valence-electron chi connectivity index (χ2n) is 5.33. The molecule has 0 aromatic heterocycles. The van der Waals surface area contributed by atoms with Crippen molar-refractivity contribution in [3.8, 4) is 5.75 Å². The summed E-state index contributed by atoms with van der Waals surface area (Å²) in [7, 11) is 3.86. The number of carbonyl (C=O) groups is 3. The summed E-state index contributed by atoms with van der Waals surface area (Å²) in [5, 5.41) is 12.2. The van der Waals surface area contributed by atoms with Crippen LogP contribution in [0.5, 0.6) is 5.75 Å². The summed E-state index contributed by atoms with van der Waals surface area (Å²) in [4.78, 5) is 35.8. The number of benzene rings is 1. The van der Waals surface area contributed by atoms with Crippen LogP contribution in [0.1, 0.15) is 11.6 Å². The average Bonchev–Trinajstić information content (AvgIpc) is 3.01. The monoisotopic (exact) mass is 337 g/mol. The molecule has 130 valence electrons. The summed E-state index contributed by atoms with van der Waals surface area (Å²) < 4.78 is 14.6. The Kier molecular flexibility index (Phi) is 5.40. The van der Waals surface area contributed by atoms with Crippen LogP contribution < -0.4 is 10.1 Å². The van der Waals surface area contributed by atoms with Gasteiger partial charge in [0.25, 0.3) is 0 Å². The fourth-order valence-corrected chi connectivity index (χ4v) is 2.99. The van der Waals surface area contributed by atoms with E-state index in [9.17, 15) is 19.5 Å². The summed E-state index contributed by atoms with van der Waals surface area (Å²) in [5.41, 5.74) is 0.642.